The zero-order chi connectivity index (χ0) is 20.9. The van der Waals surface area contributed by atoms with Gasteiger partial charge in [-0.25, -0.2) is 9.59 Å². The molecule has 1 amide bonds. The van der Waals surface area contributed by atoms with Gasteiger partial charge in [0.2, 0.25) is 5.96 Å². The molecule has 9 nitrogen and oxygen atoms in total. The van der Waals surface area contributed by atoms with Gasteiger partial charge < -0.3 is 19.6 Å². The molecule has 1 aromatic rings. The number of nitrogens with one attached hydrogen (secondary N) is 1. The number of hydroxylamine groups is 2. The number of aliphatic carboxylic acids is 1. The van der Waals surface area contributed by atoms with Gasteiger partial charge in [-0.05, 0) is 24.8 Å². The zero-order valence-corrected chi connectivity index (χ0v) is 16.2. The van der Waals surface area contributed by atoms with Crippen LogP contribution in [0.1, 0.15) is 38.2 Å². The number of nitrogens with zero attached hydrogens (tertiary/aromatic N) is 2. The Bertz CT molecular complexity index is 665. The Balaban J connectivity index is 2.66. The minimum absolute atomic E-state index is 0.0313. The first-order chi connectivity index (χ1) is 13.3. The van der Waals surface area contributed by atoms with Gasteiger partial charge in [0.15, 0.2) is 0 Å². The molecule has 0 unspecified atom stereocenters. The zero-order valence-electron chi connectivity index (χ0n) is 16.2. The Morgan fingerprint density at radius 1 is 1.14 bits per heavy atom. The van der Waals surface area contributed by atoms with Crippen LogP contribution in [0.2, 0.25) is 0 Å². The topological polar surface area (TPSA) is 120 Å². The van der Waals surface area contributed by atoms with Crippen molar-refractivity contribution >= 4 is 24.0 Å². The minimum atomic E-state index is -1.19. The van der Waals surface area contributed by atoms with E-state index in [1.165, 1.54) is 7.05 Å². The van der Waals surface area contributed by atoms with Crippen LogP contribution in [0.15, 0.2) is 30.3 Å². The molecular weight excluding hydrogens is 366 g/mol. The predicted octanol–water partition coefficient (Wildman–Crippen LogP) is 2.66. The fourth-order valence-corrected chi connectivity index (χ4v) is 2.19. The first-order valence-corrected chi connectivity index (χ1v) is 9.08. The lowest BCUT2D eigenvalue weighted by Crippen LogP contribution is -2.48. The molecule has 1 aromatic carbocycles. The van der Waals surface area contributed by atoms with Crippen molar-refractivity contribution < 1.29 is 29.1 Å². The van der Waals surface area contributed by atoms with E-state index in [9.17, 15) is 14.4 Å². The van der Waals surface area contributed by atoms with Crippen molar-refractivity contribution in [2.45, 2.75) is 39.0 Å². The summed E-state index contributed by atoms with van der Waals surface area (Å²) in [6.45, 7) is 1.48. The first-order valence-electron chi connectivity index (χ1n) is 9.08. The summed E-state index contributed by atoms with van der Waals surface area (Å²) in [6.07, 6.45) is 1.56. The van der Waals surface area contributed by atoms with Crippen LogP contribution in [0.4, 0.5) is 4.79 Å². The summed E-state index contributed by atoms with van der Waals surface area (Å²) in [5.74, 6) is -2.50. The van der Waals surface area contributed by atoms with Crippen LogP contribution >= 0.6 is 0 Å². The lowest BCUT2D eigenvalue weighted by atomic mass is 10.1. The molecule has 0 fully saturated rings. The van der Waals surface area contributed by atoms with Gasteiger partial charge in [0, 0.05) is 13.5 Å². The van der Waals surface area contributed by atoms with E-state index in [-0.39, 0.29) is 13.0 Å². The van der Waals surface area contributed by atoms with Gasteiger partial charge >= 0.3 is 18.0 Å². The van der Waals surface area contributed by atoms with E-state index in [1.54, 1.807) is 0 Å². The van der Waals surface area contributed by atoms with E-state index in [2.05, 4.69) is 0 Å². The first kappa shape index (κ1) is 22.9. The number of carboxylic acid groups (broad SMARTS) is 1. The number of hydrogen-bond acceptors (Lipinski definition) is 6. The molecule has 0 heterocycles. The third kappa shape index (κ3) is 8.52. The molecule has 0 radical (unpaired) electrons. The van der Waals surface area contributed by atoms with E-state index in [4.69, 9.17) is 20.1 Å². The van der Waals surface area contributed by atoms with Gasteiger partial charge in [-0.3, -0.25) is 10.2 Å². The van der Waals surface area contributed by atoms with Crippen molar-refractivity contribution in [2.24, 2.45) is 0 Å². The van der Waals surface area contributed by atoms with Crippen LogP contribution in [0.5, 0.6) is 0 Å². The van der Waals surface area contributed by atoms with E-state index in [0.717, 1.165) is 16.9 Å². The molecule has 154 valence electrons. The molecular formula is C19H27N3O6. The van der Waals surface area contributed by atoms with Crippen molar-refractivity contribution in [3.8, 4) is 0 Å². The largest absolute Gasteiger partial charge is 0.480 e. The second kappa shape index (κ2) is 12.3. The third-order valence-electron chi connectivity index (χ3n) is 3.70. The SMILES string of the molecule is CCCCOC(=O)N(OC(=O)CCCc1ccccc1)C(=N)N(C)CC(=O)O. The standard InChI is InChI=1S/C19H27N3O6/c1-3-4-13-27-19(26)22(18(20)21(2)14-16(23)24)28-17(25)12-8-11-15-9-6-5-7-10-15/h5-7,9-10,20H,3-4,8,11-14H2,1-2H3,(H,23,24). The molecule has 9 heteroatoms. The number of carbonyl (C=O) groups is 3. The van der Waals surface area contributed by atoms with E-state index < -0.39 is 30.5 Å². The molecule has 0 aromatic heterocycles. The number of benzene rings is 1. The number of guanidine groups is 1. The monoisotopic (exact) mass is 393 g/mol. The summed E-state index contributed by atoms with van der Waals surface area (Å²) < 4.78 is 4.99. The van der Waals surface area contributed by atoms with Crippen molar-refractivity contribution in [1.29, 1.82) is 5.41 Å². The van der Waals surface area contributed by atoms with Gasteiger partial charge in [-0.1, -0.05) is 48.7 Å². The Morgan fingerprint density at radius 2 is 1.82 bits per heavy atom. The molecule has 0 saturated carbocycles. The highest BCUT2D eigenvalue weighted by Crippen LogP contribution is 2.08. The summed E-state index contributed by atoms with van der Waals surface area (Å²) in [5.41, 5.74) is 1.07. The Hall–Kier alpha value is -3.10. The number of unbranched alkanes of at least 4 members (excludes halogenated alkanes) is 1. The molecule has 0 aliphatic rings. The number of aryl methyl sites for hydroxylation is 1. The summed E-state index contributed by atoms with van der Waals surface area (Å²) >= 11 is 0. The minimum Gasteiger partial charge on any atom is -0.480 e. The summed E-state index contributed by atoms with van der Waals surface area (Å²) in [5, 5.41) is 17.2. The maximum atomic E-state index is 12.2. The van der Waals surface area contributed by atoms with Gasteiger partial charge in [0.1, 0.15) is 6.54 Å². The maximum Gasteiger partial charge on any atom is 0.451 e. The summed E-state index contributed by atoms with van der Waals surface area (Å²) in [4.78, 5) is 41.1. The smallest absolute Gasteiger partial charge is 0.451 e. The predicted molar refractivity (Wildman–Crippen MR) is 102 cm³/mol. The van der Waals surface area contributed by atoms with Crippen LogP contribution in [0.25, 0.3) is 0 Å². The number of likely N-dealkylation sites (N-methyl/N-ethyl adjacent to an activating group) is 1. The van der Waals surface area contributed by atoms with Gasteiger partial charge in [0.05, 0.1) is 6.61 Å². The number of carboxylic acids is 1. The molecule has 0 aliphatic carbocycles. The average Bonchev–Trinajstić information content (AvgIpc) is 2.66. The molecule has 1 rings (SSSR count). The lowest BCUT2D eigenvalue weighted by molar-refractivity contribution is -0.169. The van der Waals surface area contributed by atoms with E-state index in [0.29, 0.717) is 24.3 Å². The maximum absolute atomic E-state index is 12.2. The number of carbonyl (C=O) groups excluding carboxylic acids is 2. The highest BCUT2D eigenvalue weighted by Gasteiger charge is 2.28. The molecule has 0 bridgehead atoms. The fraction of sp³-hybridized carbons (Fsp3) is 0.474. The number of amides is 1. The Labute approximate surface area is 164 Å². The molecule has 2 N–H and O–H groups in total. The van der Waals surface area contributed by atoms with Crippen molar-refractivity contribution in [3.05, 3.63) is 35.9 Å². The van der Waals surface area contributed by atoms with Crippen LogP contribution in [0, 0.1) is 5.41 Å². The Kier molecular flexibility index (Phi) is 10.1. The number of ether oxygens (including phenoxy) is 1. The third-order valence-corrected chi connectivity index (χ3v) is 3.70. The van der Waals surface area contributed by atoms with Crippen LogP contribution in [0.3, 0.4) is 0 Å². The van der Waals surface area contributed by atoms with E-state index in [1.807, 2.05) is 37.3 Å². The fourth-order valence-electron chi connectivity index (χ4n) is 2.19. The quantitative estimate of drug-likeness (QED) is 0.286. The van der Waals surface area contributed by atoms with Crippen molar-refractivity contribution in [2.75, 3.05) is 20.2 Å². The second-order valence-electron chi connectivity index (χ2n) is 6.14. The molecule has 0 atom stereocenters. The molecule has 0 aliphatic heterocycles. The number of rotatable bonds is 9. The van der Waals surface area contributed by atoms with Crippen molar-refractivity contribution in [3.63, 3.8) is 0 Å². The molecule has 0 saturated heterocycles. The summed E-state index contributed by atoms with van der Waals surface area (Å²) in [6, 6.07) is 9.60. The highest BCUT2D eigenvalue weighted by molar-refractivity contribution is 5.93. The van der Waals surface area contributed by atoms with E-state index >= 15 is 0 Å². The van der Waals surface area contributed by atoms with Gasteiger partial charge in [0.25, 0.3) is 0 Å². The average molecular weight is 393 g/mol. The molecule has 28 heavy (non-hydrogen) atoms. The Morgan fingerprint density at radius 3 is 2.43 bits per heavy atom. The normalized spacial score (nSPS) is 10.1. The second-order valence-corrected chi connectivity index (χ2v) is 6.14. The number of hydrogen-bond donors (Lipinski definition) is 2. The van der Waals surface area contributed by atoms with Crippen LogP contribution < -0.4 is 0 Å². The van der Waals surface area contributed by atoms with Gasteiger partial charge in [-0.2, -0.15) is 0 Å². The van der Waals surface area contributed by atoms with Gasteiger partial charge in [-0.15, -0.1) is 0 Å². The van der Waals surface area contributed by atoms with Crippen molar-refractivity contribution in [1.82, 2.24) is 9.96 Å². The lowest BCUT2D eigenvalue weighted by Gasteiger charge is -2.26. The molecule has 0 spiro atoms. The van der Waals surface area contributed by atoms with Crippen LogP contribution in [-0.2, 0) is 25.6 Å². The highest BCUT2D eigenvalue weighted by atomic mass is 16.8. The summed E-state index contributed by atoms with van der Waals surface area (Å²) in [7, 11) is 1.30. The van der Waals surface area contributed by atoms with Crippen LogP contribution in [-0.4, -0.2) is 59.3 Å².